The van der Waals surface area contributed by atoms with E-state index in [9.17, 15) is 18.5 Å². The Morgan fingerprint density at radius 3 is 2.53 bits per heavy atom. The SMILES string of the molecule is O=[N+]([O-])c1nn(CC2CCCCC2)cc1S(=O)(=O)Cl. The highest BCUT2D eigenvalue weighted by molar-refractivity contribution is 8.13. The van der Waals surface area contributed by atoms with Crippen molar-refractivity contribution in [2.45, 2.75) is 43.5 Å². The Kier molecular flexibility index (Phi) is 4.10. The van der Waals surface area contributed by atoms with Crippen LogP contribution in [-0.2, 0) is 15.6 Å². The average molecular weight is 308 g/mol. The molecule has 0 saturated heterocycles. The molecular weight excluding hydrogens is 294 g/mol. The molecule has 0 radical (unpaired) electrons. The molecule has 0 aliphatic heterocycles. The maximum atomic E-state index is 11.3. The van der Waals surface area contributed by atoms with Gasteiger partial charge in [-0.3, -0.25) is 0 Å². The van der Waals surface area contributed by atoms with Gasteiger partial charge in [-0.25, -0.2) is 8.42 Å². The highest BCUT2D eigenvalue weighted by Gasteiger charge is 2.30. The van der Waals surface area contributed by atoms with Crippen LogP contribution in [0.4, 0.5) is 5.82 Å². The Bertz CT molecular complexity index is 578. The van der Waals surface area contributed by atoms with Gasteiger partial charge in [0.2, 0.25) is 4.90 Å². The standard InChI is InChI=1S/C10H14ClN3O4S/c11-19(17,18)9-7-13(12-10(9)14(15)16)6-8-4-2-1-3-5-8/h7-8H,1-6H2. The highest BCUT2D eigenvalue weighted by Crippen LogP contribution is 2.28. The van der Waals surface area contributed by atoms with Gasteiger partial charge >= 0.3 is 5.82 Å². The van der Waals surface area contributed by atoms with Crippen molar-refractivity contribution >= 4 is 25.6 Å². The summed E-state index contributed by atoms with van der Waals surface area (Å²) in [6.07, 6.45) is 6.70. The lowest BCUT2D eigenvalue weighted by Gasteiger charge is -2.19. The Hall–Kier alpha value is -1.15. The van der Waals surface area contributed by atoms with E-state index in [-0.39, 0.29) is 0 Å². The van der Waals surface area contributed by atoms with Gasteiger partial charge in [0, 0.05) is 10.7 Å². The van der Waals surface area contributed by atoms with Crippen LogP contribution in [0.5, 0.6) is 0 Å². The Morgan fingerprint density at radius 1 is 1.42 bits per heavy atom. The zero-order valence-corrected chi connectivity index (χ0v) is 11.7. The molecule has 1 aliphatic carbocycles. The maximum Gasteiger partial charge on any atom is 0.410 e. The monoisotopic (exact) mass is 307 g/mol. The van der Waals surface area contributed by atoms with Crippen LogP contribution in [0.3, 0.4) is 0 Å². The molecule has 7 nitrogen and oxygen atoms in total. The molecule has 1 aliphatic rings. The predicted molar refractivity (Wildman–Crippen MR) is 68.5 cm³/mol. The molecule has 19 heavy (non-hydrogen) atoms. The maximum absolute atomic E-state index is 11.3. The molecule has 0 aromatic carbocycles. The summed E-state index contributed by atoms with van der Waals surface area (Å²) in [6, 6.07) is 0. The van der Waals surface area contributed by atoms with E-state index in [4.69, 9.17) is 10.7 Å². The third-order valence-electron chi connectivity index (χ3n) is 3.32. The smallest absolute Gasteiger partial charge is 0.358 e. The quantitative estimate of drug-likeness (QED) is 0.483. The minimum Gasteiger partial charge on any atom is -0.358 e. The summed E-state index contributed by atoms with van der Waals surface area (Å²) in [6.45, 7) is 0.493. The fourth-order valence-corrected chi connectivity index (χ4v) is 3.33. The predicted octanol–water partition coefficient (Wildman–Crippen LogP) is 2.30. The van der Waals surface area contributed by atoms with Gasteiger partial charge < -0.3 is 10.1 Å². The molecule has 2 rings (SSSR count). The summed E-state index contributed by atoms with van der Waals surface area (Å²) >= 11 is 0. The second kappa shape index (κ2) is 5.46. The van der Waals surface area contributed by atoms with E-state index in [0.717, 1.165) is 31.9 Å². The molecule has 1 heterocycles. The van der Waals surface area contributed by atoms with E-state index in [1.54, 1.807) is 0 Å². The van der Waals surface area contributed by atoms with Gasteiger partial charge in [0.15, 0.2) is 0 Å². The number of hydrogen-bond acceptors (Lipinski definition) is 5. The van der Waals surface area contributed by atoms with Gasteiger partial charge in [-0.2, -0.15) is 4.68 Å². The van der Waals surface area contributed by atoms with Crippen LogP contribution >= 0.6 is 10.7 Å². The van der Waals surface area contributed by atoms with Gasteiger partial charge in [-0.15, -0.1) is 0 Å². The Labute approximate surface area is 115 Å². The topological polar surface area (TPSA) is 95.1 Å². The first-order valence-electron chi connectivity index (χ1n) is 6.04. The molecule has 0 N–H and O–H groups in total. The third kappa shape index (κ3) is 3.44. The molecule has 0 spiro atoms. The fourth-order valence-electron chi connectivity index (χ4n) is 2.42. The zero-order chi connectivity index (χ0) is 14.0. The molecule has 9 heteroatoms. The number of rotatable bonds is 4. The second-order valence-electron chi connectivity index (χ2n) is 4.74. The highest BCUT2D eigenvalue weighted by atomic mass is 35.7. The third-order valence-corrected chi connectivity index (χ3v) is 4.63. The van der Waals surface area contributed by atoms with Crippen molar-refractivity contribution in [1.82, 2.24) is 9.78 Å². The van der Waals surface area contributed by atoms with Crippen LogP contribution in [0.25, 0.3) is 0 Å². The van der Waals surface area contributed by atoms with E-state index in [0.29, 0.717) is 12.5 Å². The second-order valence-corrected chi connectivity index (χ2v) is 7.27. The number of halogens is 1. The van der Waals surface area contributed by atoms with E-state index >= 15 is 0 Å². The largest absolute Gasteiger partial charge is 0.410 e. The minimum absolute atomic E-state index is 0.388. The molecule has 0 atom stereocenters. The Balaban J connectivity index is 2.25. The Morgan fingerprint density at radius 2 is 2.05 bits per heavy atom. The van der Waals surface area contributed by atoms with E-state index < -0.39 is 24.7 Å². The van der Waals surface area contributed by atoms with Crippen LogP contribution in [0.1, 0.15) is 32.1 Å². The summed E-state index contributed by atoms with van der Waals surface area (Å²) in [5.41, 5.74) is 0. The van der Waals surface area contributed by atoms with Crippen LogP contribution in [0, 0.1) is 16.0 Å². The van der Waals surface area contributed by atoms with Crippen LogP contribution in [-0.4, -0.2) is 23.1 Å². The van der Waals surface area contributed by atoms with Gasteiger partial charge in [-0.05, 0) is 23.7 Å². The van der Waals surface area contributed by atoms with Crippen molar-refractivity contribution in [3.8, 4) is 0 Å². The van der Waals surface area contributed by atoms with Gasteiger partial charge in [0.05, 0.1) is 17.8 Å². The summed E-state index contributed by atoms with van der Waals surface area (Å²) in [5.74, 6) is -0.315. The average Bonchev–Trinajstić information content (AvgIpc) is 2.74. The molecule has 1 aromatic heterocycles. The summed E-state index contributed by atoms with van der Waals surface area (Å²) in [5, 5.41) is 14.5. The van der Waals surface area contributed by atoms with Crippen molar-refractivity contribution < 1.29 is 13.3 Å². The molecule has 1 fully saturated rings. The number of aromatic nitrogens is 2. The van der Waals surface area contributed by atoms with E-state index in [2.05, 4.69) is 5.10 Å². The van der Waals surface area contributed by atoms with Crippen LogP contribution in [0.2, 0.25) is 0 Å². The van der Waals surface area contributed by atoms with Crippen molar-refractivity contribution in [2.75, 3.05) is 0 Å². The van der Waals surface area contributed by atoms with E-state index in [1.807, 2.05) is 0 Å². The lowest BCUT2D eigenvalue weighted by atomic mass is 9.89. The molecule has 1 saturated carbocycles. The van der Waals surface area contributed by atoms with Crippen molar-refractivity contribution in [3.63, 3.8) is 0 Å². The molecule has 0 bridgehead atoms. The number of hydrogen-bond donors (Lipinski definition) is 0. The molecular formula is C10H14ClN3O4S. The first-order valence-corrected chi connectivity index (χ1v) is 8.35. The molecule has 1 aromatic rings. The van der Waals surface area contributed by atoms with Crippen molar-refractivity contribution in [3.05, 3.63) is 16.3 Å². The molecule has 0 unspecified atom stereocenters. The van der Waals surface area contributed by atoms with Crippen LogP contribution in [0.15, 0.2) is 11.1 Å². The fraction of sp³-hybridized carbons (Fsp3) is 0.700. The van der Waals surface area contributed by atoms with Crippen LogP contribution < -0.4 is 0 Å². The van der Waals surface area contributed by atoms with Gasteiger partial charge in [0.25, 0.3) is 9.05 Å². The van der Waals surface area contributed by atoms with Crippen molar-refractivity contribution in [2.24, 2.45) is 5.92 Å². The van der Waals surface area contributed by atoms with Gasteiger partial charge in [-0.1, -0.05) is 19.3 Å². The number of nitrogens with zero attached hydrogens (tertiary/aromatic N) is 3. The van der Waals surface area contributed by atoms with Gasteiger partial charge in [0.1, 0.15) is 0 Å². The first-order chi connectivity index (χ1) is 8.88. The number of nitro groups is 1. The normalized spacial score (nSPS) is 17.5. The lowest BCUT2D eigenvalue weighted by molar-refractivity contribution is -0.392. The molecule has 0 amide bonds. The molecule has 106 valence electrons. The minimum atomic E-state index is -4.15. The zero-order valence-electron chi connectivity index (χ0n) is 10.2. The summed E-state index contributed by atoms with van der Waals surface area (Å²) in [7, 11) is 1.03. The van der Waals surface area contributed by atoms with Crippen molar-refractivity contribution in [1.29, 1.82) is 0 Å². The summed E-state index contributed by atoms with van der Waals surface area (Å²) < 4.78 is 23.9. The lowest BCUT2D eigenvalue weighted by Crippen LogP contribution is -2.14. The first kappa shape index (κ1) is 14.3. The van der Waals surface area contributed by atoms with E-state index in [1.165, 1.54) is 11.1 Å². The summed E-state index contributed by atoms with van der Waals surface area (Å²) in [4.78, 5) is 9.42.